The highest BCUT2D eigenvalue weighted by Crippen LogP contribution is 2.34. The summed E-state index contributed by atoms with van der Waals surface area (Å²) in [7, 11) is 1.64. The molecule has 1 amide bonds. The molecular formula is C21H21N3O3S. The van der Waals surface area contributed by atoms with Gasteiger partial charge >= 0.3 is 0 Å². The molecule has 3 aromatic rings. The number of ether oxygens (including phenoxy) is 1. The fourth-order valence-electron chi connectivity index (χ4n) is 4.32. The van der Waals surface area contributed by atoms with E-state index in [1.807, 2.05) is 18.2 Å². The number of hydrogen-bond acceptors (Lipinski definition) is 5. The van der Waals surface area contributed by atoms with Gasteiger partial charge in [0.15, 0.2) is 0 Å². The molecular weight excluding hydrogens is 374 g/mol. The average Bonchev–Trinajstić information content (AvgIpc) is 3.30. The molecule has 0 spiro atoms. The second-order valence-electron chi connectivity index (χ2n) is 7.36. The number of methoxy groups -OCH3 is 1. The number of carbonyl (C=O) groups excluding carboxylic acids is 1. The summed E-state index contributed by atoms with van der Waals surface area (Å²) < 4.78 is 6.77. The molecule has 5 rings (SSSR count). The van der Waals surface area contributed by atoms with Crippen LogP contribution in [0, 0.1) is 0 Å². The first kappa shape index (κ1) is 17.4. The largest absolute Gasteiger partial charge is 0.497 e. The number of nitrogens with zero attached hydrogens (tertiary/aromatic N) is 3. The molecule has 0 saturated heterocycles. The van der Waals surface area contributed by atoms with Gasteiger partial charge in [-0.25, -0.2) is 4.98 Å². The molecule has 0 N–H and O–H groups in total. The lowest BCUT2D eigenvalue weighted by Crippen LogP contribution is -2.39. The van der Waals surface area contributed by atoms with Crippen LogP contribution in [0.3, 0.4) is 0 Å². The van der Waals surface area contributed by atoms with E-state index in [1.165, 1.54) is 15.8 Å². The Morgan fingerprint density at radius 2 is 2.14 bits per heavy atom. The van der Waals surface area contributed by atoms with Gasteiger partial charge in [0.05, 0.1) is 18.8 Å². The lowest BCUT2D eigenvalue weighted by Gasteiger charge is -2.30. The molecule has 28 heavy (non-hydrogen) atoms. The van der Waals surface area contributed by atoms with Crippen molar-refractivity contribution < 1.29 is 9.53 Å². The summed E-state index contributed by atoms with van der Waals surface area (Å²) >= 11 is 1.62. The molecule has 0 bridgehead atoms. The van der Waals surface area contributed by atoms with Crippen molar-refractivity contribution >= 4 is 33.1 Å². The third-order valence-electron chi connectivity index (χ3n) is 5.70. The van der Waals surface area contributed by atoms with Crippen LogP contribution in [0.1, 0.15) is 28.8 Å². The second kappa shape index (κ2) is 6.74. The van der Waals surface area contributed by atoms with E-state index in [0.717, 1.165) is 64.9 Å². The van der Waals surface area contributed by atoms with E-state index in [4.69, 9.17) is 4.74 Å². The summed E-state index contributed by atoms with van der Waals surface area (Å²) in [5.41, 5.74) is 3.07. The van der Waals surface area contributed by atoms with Crippen LogP contribution in [-0.2, 0) is 30.6 Å². The minimum atomic E-state index is -0.0929. The molecule has 7 heteroatoms. The Hall–Kier alpha value is -2.67. The van der Waals surface area contributed by atoms with Gasteiger partial charge in [-0.05, 0) is 61.4 Å². The third kappa shape index (κ3) is 2.73. The molecule has 0 fully saturated rings. The van der Waals surface area contributed by atoms with Crippen molar-refractivity contribution in [3.63, 3.8) is 0 Å². The predicted molar refractivity (Wildman–Crippen MR) is 110 cm³/mol. The molecule has 1 aliphatic heterocycles. The lowest BCUT2D eigenvalue weighted by molar-refractivity contribution is -0.119. The number of hydrogen-bond donors (Lipinski definition) is 0. The third-order valence-corrected chi connectivity index (χ3v) is 6.90. The fourth-order valence-corrected chi connectivity index (χ4v) is 5.54. The standard InChI is InChI=1S/C21H21N3O3S/c1-27-14-7-8-16-13(10-14)4-3-9-24(16)18(25)11-23-12-22-20-19(21(23)26)15-5-2-6-17(15)28-20/h7-8,10,12H,2-6,9,11H2,1H3. The van der Waals surface area contributed by atoms with Gasteiger partial charge in [-0.15, -0.1) is 11.3 Å². The Balaban J connectivity index is 1.47. The summed E-state index contributed by atoms with van der Waals surface area (Å²) in [4.78, 5) is 34.4. The van der Waals surface area contributed by atoms with E-state index in [2.05, 4.69) is 4.98 Å². The molecule has 1 aliphatic carbocycles. The SMILES string of the molecule is COc1ccc2c(c1)CCCN2C(=O)Cn1cnc2sc3c(c2c1=O)CCC3. The lowest BCUT2D eigenvalue weighted by atomic mass is 10.0. The number of benzene rings is 1. The fraction of sp³-hybridized carbons (Fsp3) is 0.381. The van der Waals surface area contributed by atoms with Crippen LogP contribution in [-0.4, -0.2) is 29.1 Å². The highest BCUT2D eigenvalue weighted by molar-refractivity contribution is 7.18. The monoisotopic (exact) mass is 395 g/mol. The summed E-state index contributed by atoms with van der Waals surface area (Å²) in [6.07, 6.45) is 6.40. The van der Waals surface area contributed by atoms with Gasteiger partial charge in [0, 0.05) is 17.1 Å². The Kier molecular flexibility index (Phi) is 4.19. The van der Waals surface area contributed by atoms with E-state index in [9.17, 15) is 9.59 Å². The van der Waals surface area contributed by atoms with E-state index >= 15 is 0 Å². The van der Waals surface area contributed by atoms with Crippen molar-refractivity contribution in [3.8, 4) is 5.75 Å². The highest BCUT2D eigenvalue weighted by atomic mass is 32.1. The van der Waals surface area contributed by atoms with Crippen molar-refractivity contribution in [3.05, 3.63) is 50.9 Å². The molecule has 2 aliphatic rings. The molecule has 3 heterocycles. The topological polar surface area (TPSA) is 64.4 Å². The molecule has 144 valence electrons. The Morgan fingerprint density at radius 3 is 3.00 bits per heavy atom. The number of anilines is 1. The number of thiophene rings is 1. The Bertz CT molecular complexity index is 1150. The first-order valence-corrected chi connectivity index (χ1v) is 10.4. The van der Waals surface area contributed by atoms with Gasteiger partial charge < -0.3 is 9.64 Å². The zero-order chi connectivity index (χ0) is 19.3. The van der Waals surface area contributed by atoms with Crippen molar-refractivity contribution in [2.45, 2.75) is 38.6 Å². The predicted octanol–water partition coefficient (Wildman–Crippen LogP) is 2.93. The normalized spacial score (nSPS) is 15.5. The summed E-state index contributed by atoms with van der Waals surface area (Å²) in [6, 6.07) is 5.79. The number of aryl methyl sites for hydroxylation is 3. The Labute approximate surface area is 166 Å². The summed E-state index contributed by atoms with van der Waals surface area (Å²) in [6.45, 7) is 0.675. The molecule has 1 aromatic carbocycles. The van der Waals surface area contributed by atoms with Crippen LogP contribution >= 0.6 is 11.3 Å². The number of carbonyl (C=O) groups is 1. The number of rotatable bonds is 3. The summed E-state index contributed by atoms with van der Waals surface area (Å²) in [5, 5.41) is 0.719. The van der Waals surface area contributed by atoms with E-state index < -0.39 is 0 Å². The highest BCUT2D eigenvalue weighted by Gasteiger charge is 2.25. The average molecular weight is 395 g/mol. The van der Waals surface area contributed by atoms with Gasteiger partial charge in [0.2, 0.25) is 5.91 Å². The first-order valence-electron chi connectivity index (χ1n) is 9.62. The smallest absolute Gasteiger partial charge is 0.262 e. The Morgan fingerprint density at radius 1 is 1.25 bits per heavy atom. The minimum Gasteiger partial charge on any atom is -0.497 e. The molecule has 0 atom stereocenters. The quantitative estimate of drug-likeness (QED) is 0.684. The maximum atomic E-state index is 13.1. The maximum Gasteiger partial charge on any atom is 0.262 e. The van der Waals surface area contributed by atoms with E-state index in [1.54, 1.807) is 23.3 Å². The van der Waals surface area contributed by atoms with Crippen molar-refractivity contribution in [1.29, 1.82) is 0 Å². The zero-order valence-corrected chi connectivity index (χ0v) is 16.6. The van der Waals surface area contributed by atoms with E-state index in [0.29, 0.717) is 6.54 Å². The maximum absolute atomic E-state index is 13.1. The second-order valence-corrected chi connectivity index (χ2v) is 8.44. The molecule has 6 nitrogen and oxygen atoms in total. The summed E-state index contributed by atoms with van der Waals surface area (Å²) in [5.74, 6) is 0.714. The number of amides is 1. The van der Waals surface area contributed by atoms with Gasteiger partial charge in [-0.1, -0.05) is 0 Å². The van der Waals surface area contributed by atoms with Crippen LogP contribution in [0.2, 0.25) is 0 Å². The van der Waals surface area contributed by atoms with Crippen LogP contribution in [0.4, 0.5) is 5.69 Å². The molecule has 0 radical (unpaired) electrons. The zero-order valence-electron chi connectivity index (χ0n) is 15.7. The van der Waals surface area contributed by atoms with Gasteiger partial charge in [-0.2, -0.15) is 0 Å². The van der Waals surface area contributed by atoms with Crippen LogP contribution in [0.15, 0.2) is 29.3 Å². The van der Waals surface area contributed by atoms with Crippen molar-refractivity contribution in [2.75, 3.05) is 18.6 Å². The van der Waals surface area contributed by atoms with Gasteiger partial charge in [0.25, 0.3) is 5.56 Å². The molecule has 0 unspecified atom stereocenters. The minimum absolute atomic E-state index is 0.0118. The number of aromatic nitrogens is 2. The number of fused-ring (bicyclic) bond motifs is 4. The van der Waals surface area contributed by atoms with Crippen LogP contribution < -0.4 is 15.2 Å². The van der Waals surface area contributed by atoms with Gasteiger partial charge in [0.1, 0.15) is 17.1 Å². The van der Waals surface area contributed by atoms with Gasteiger partial charge in [-0.3, -0.25) is 14.2 Å². The molecule has 2 aromatic heterocycles. The van der Waals surface area contributed by atoms with Crippen LogP contribution in [0.5, 0.6) is 5.75 Å². The van der Waals surface area contributed by atoms with Crippen molar-refractivity contribution in [2.24, 2.45) is 0 Å². The van der Waals surface area contributed by atoms with Crippen molar-refractivity contribution in [1.82, 2.24) is 9.55 Å². The molecule has 0 saturated carbocycles. The van der Waals surface area contributed by atoms with E-state index in [-0.39, 0.29) is 18.0 Å². The first-order chi connectivity index (χ1) is 13.7. The van der Waals surface area contributed by atoms with Crippen LogP contribution in [0.25, 0.3) is 10.2 Å².